The first-order valence-corrected chi connectivity index (χ1v) is 5.98. The first-order chi connectivity index (χ1) is 8.02. The Labute approximate surface area is 101 Å². The van der Waals surface area contributed by atoms with E-state index >= 15 is 0 Å². The Morgan fingerprint density at radius 1 is 1.53 bits per heavy atom. The first-order valence-electron chi connectivity index (χ1n) is 5.00. The van der Waals surface area contributed by atoms with Crippen LogP contribution in [0.2, 0.25) is 0 Å². The van der Waals surface area contributed by atoms with Gasteiger partial charge in [-0.2, -0.15) is 0 Å². The van der Waals surface area contributed by atoms with E-state index in [1.165, 1.54) is 17.8 Å². The molecule has 0 radical (unpaired) electrons. The van der Waals surface area contributed by atoms with Crippen LogP contribution in [0, 0.1) is 5.82 Å². The van der Waals surface area contributed by atoms with Gasteiger partial charge in [-0.1, -0.05) is 6.07 Å². The number of anilines is 1. The predicted octanol–water partition coefficient (Wildman–Crippen LogP) is 1.74. The van der Waals surface area contributed by atoms with E-state index in [-0.39, 0.29) is 11.7 Å². The number of hydrogen-bond donors (Lipinski definition) is 1. The van der Waals surface area contributed by atoms with E-state index < -0.39 is 17.7 Å². The summed E-state index contributed by atoms with van der Waals surface area (Å²) < 4.78 is 13.7. The Kier molecular flexibility index (Phi) is 3.06. The molecule has 1 atom stereocenters. The average Bonchev–Trinajstić information content (AvgIpc) is 2.29. The second-order valence-corrected chi connectivity index (χ2v) is 4.79. The number of fused-ring (bicyclic) bond motifs is 1. The largest absolute Gasteiger partial charge is 0.474 e. The molecule has 1 heterocycles. The third kappa shape index (κ3) is 2.00. The number of rotatable bonds is 0. The molecule has 0 spiro atoms. The summed E-state index contributed by atoms with van der Waals surface area (Å²) in [5.41, 5.74) is 0.0728. The summed E-state index contributed by atoms with van der Waals surface area (Å²) in [6.07, 6.45) is 0. The molecular weight excluding hydrogens is 245 g/mol. The fourth-order valence-electron chi connectivity index (χ4n) is 1.76. The maximum absolute atomic E-state index is 13.7. The van der Waals surface area contributed by atoms with Gasteiger partial charge in [0.25, 0.3) is 0 Å². The van der Waals surface area contributed by atoms with Crippen LogP contribution in [0.5, 0.6) is 0 Å². The predicted molar refractivity (Wildman–Crippen MR) is 61.7 cm³/mol. The van der Waals surface area contributed by atoms with E-state index in [2.05, 4.69) is 0 Å². The molecular formula is C11H10FNO3S. The van der Waals surface area contributed by atoms with Crippen LogP contribution in [-0.2, 0) is 9.59 Å². The van der Waals surface area contributed by atoms with Crippen molar-refractivity contribution in [3.05, 3.63) is 24.0 Å². The van der Waals surface area contributed by atoms with Gasteiger partial charge in [0.1, 0.15) is 5.82 Å². The van der Waals surface area contributed by atoms with Crippen molar-refractivity contribution in [2.75, 3.05) is 10.7 Å². The molecule has 1 aliphatic heterocycles. The molecule has 0 bridgehead atoms. The number of carboxylic acids is 1. The third-order valence-corrected chi connectivity index (χ3v) is 3.80. The standard InChI is InChI=1S/C11H10FNO3S/c1-6-5-17-8-4-2-3-7(12)9(8)13(6)10(14)11(15)16/h2-4,6H,5H2,1H3,(H,15,16). The fraction of sp³-hybridized carbons (Fsp3) is 0.273. The number of para-hydroxylation sites is 1. The lowest BCUT2D eigenvalue weighted by Gasteiger charge is -2.33. The normalized spacial score (nSPS) is 18.7. The topological polar surface area (TPSA) is 57.6 Å². The molecule has 1 N–H and O–H groups in total. The van der Waals surface area contributed by atoms with Crippen LogP contribution in [0.3, 0.4) is 0 Å². The van der Waals surface area contributed by atoms with Gasteiger partial charge in [0.05, 0.1) is 5.69 Å². The zero-order chi connectivity index (χ0) is 12.6. The lowest BCUT2D eigenvalue weighted by atomic mass is 10.2. The number of hydrogen-bond acceptors (Lipinski definition) is 3. The quantitative estimate of drug-likeness (QED) is 0.717. The zero-order valence-corrected chi connectivity index (χ0v) is 9.83. The summed E-state index contributed by atoms with van der Waals surface area (Å²) in [6.45, 7) is 1.70. The van der Waals surface area contributed by atoms with E-state index in [4.69, 9.17) is 5.11 Å². The van der Waals surface area contributed by atoms with Crippen LogP contribution in [0.4, 0.5) is 10.1 Å². The Hall–Kier alpha value is -1.56. The molecule has 4 nitrogen and oxygen atoms in total. The second kappa shape index (κ2) is 4.37. The van der Waals surface area contributed by atoms with Gasteiger partial charge in [0, 0.05) is 16.7 Å². The highest BCUT2D eigenvalue weighted by Crippen LogP contribution is 2.39. The number of nitrogens with zero attached hydrogens (tertiary/aromatic N) is 1. The van der Waals surface area contributed by atoms with Crippen LogP contribution >= 0.6 is 11.8 Å². The molecule has 0 saturated carbocycles. The van der Waals surface area contributed by atoms with E-state index in [0.717, 1.165) is 4.90 Å². The van der Waals surface area contributed by atoms with E-state index in [1.807, 2.05) is 0 Å². The highest BCUT2D eigenvalue weighted by molar-refractivity contribution is 7.99. The second-order valence-electron chi connectivity index (χ2n) is 3.73. The number of carbonyl (C=O) groups excluding carboxylic acids is 1. The maximum Gasteiger partial charge on any atom is 0.394 e. The smallest absolute Gasteiger partial charge is 0.394 e. The Bertz CT molecular complexity index is 492. The molecule has 17 heavy (non-hydrogen) atoms. The summed E-state index contributed by atoms with van der Waals surface area (Å²) in [5.74, 6) is -2.69. The summed E-state index contributed by atoms with van der Waals surface area (Å²) in [4.78, 5) is 23.9. The van der Waals surface area contributed by atoms with E-state index in [1.54, 1.807) is 19.1 Å². The summed E-state index contributed by atoms with van der Waals surface area (Å²) in [6, 6.07) is 4.10. The molecule has 1 unspecified atom stereocenters. The minimum absolute atomic E-state index is 0.0728. The Balaban J connectivity index is 2.53. The number of carboxylic acid groups (broad SMARTS) is 1. The van der Waals surface area contributed by atoms with Crippen molar-refractivity contribution >= 4 is 29.3 Å². The molecule has 6 heteroatoms. The molecule has 0 aliphatic carbocycles. The highest BCUT2D eigenvalue weighted by Gasteiger charge is 2.34. The van der Waals surface area contributed by atoms with Gasteiger partial charge in [-0.05, 0) is 19.1 Å². The number of halogens is 1. The zero-order valence-electron chi connectivity index (χ0n) is 9.01. The van der Waals surface area contributed by atoms with Gasteiger partial charge in [0.15, 0.2) is 0 Å². The minimum atomic E-state index is -1.57. The Morgan fingerprint density at radius 2 is 2.24 bits per heavy atom. The molecule has 1 amide bonds. The van der Waals surface area contributed by atoms with Gasteiger partial charge < -0.3 is 5.11 Å². The van der Waals surface area contributed by atoms with Crippen LogP contribution in [0.15, 0.2) is 23.1 Å². The molecule has 1 aliphatic rings. The monoisotopic (exact) mass is 255 g/mol. The van der Waals surface area contributed by atoms with Gasteiger partial charge in [-0.25, -0.2) is 9.18 Å². The Morgan fingerprint density at radius 3 is 2.88 bits per heavy atom. The average molecular weight is 255 g/mol. The third-order valence-electron chi connectivity index (χ3n) is 2.51. The maximum atomic E-state index is 13.7. The van der Waals surface area contributed by atoms with Crippen molar-refractivity contribution < 1.29 is 19.1 Å². The SMILES string of the molecule is CC1CSc2cccc(F)c2N1C(=O)C(=O)O. The summed E-state index contributed by atoms with van der Waals surface area (Å²) in [7, 11) is 0. The number of aliphatic carboxylic acids is 1. The van der Waals surface area contributed by atoms with Crippen LogP contribution in [0.1, 0.15) is 6.92 Å². The van der Waals surface area contributed by atoms with Crippen LogP contribution in [-0.4, -0.2) is 28.8 Å². The van der Waals surface area contributed by atoms with E-state index in [9.17, 15) is 14.0 Å². The van der Waals surface area contributed by atoms with Gasteiger partial charge >= 0.3 is 11.9 Å². The molecule has 0 saturated heterocycles. The van der Waals surface area contributed by atoms with Gasteiger partial charge in [0.2, 0.25) is 0 Å². The van der Waals surface area contributed by atoms with Crippen molar-refractivity contribution in [1.82, 2.24) is 0 Å². The molecule has 2 rings (SSSR count). The van der Waals surface area contributed by atoms with Gasteiger partial charge in [-0.15, -0.1) is 11.8 Å². The molecule has 90 valence electrons. The fourth-order valence-corrected chi connectivity index (χ4v) is 2.83. The number of carbonyl (C=O) groups is 2. The van der Waals surface area contributed by atoms with Gasteiger partial charge in [-0.3, -0.25) is 9.69 Å². The van der Waals surface area contributed by atoms with Crippen molar-refractivity contribution in [1.29, 1.82) is 0 Å². The first kappa shape index (κ1) is 11.9. The lowest BCUT2D eigenvalue weighted by Crippen LogP contribution is -2.46. The van der Waals surface area contributed by atoms with Crippen molar-refractivity contribution in [2.24, 2.45) is 0 Å². The molecule has 0 fully saturated rings. The number of benzene rings is 1. The lowest BCUT2D eigenvalue weighted by molar-refractivity contribution is -0.149. The minimum Gasteiger partial charge on any atom is -0.474 e. The van der Waals surface area contributed by atoms with Crippen LogP contribution in [0.25, 0.3) is 0 Å². The van der Waals surface area contributed by atoms with Crippen molar-refractivity contribution in [3.8, 4) is 0 Å². The number of amides is 1. The highest BCUT2D eigenvalue weighted by atomic mass is 32.2. The summed E-state index contributed by atoms with van der Waals surface area (Å²) >= 11 is 1.42. The molecule has 1 aromatic rings. The van der Waals surface area contributed by atoms with Crippen LogP contribution < -0.4 is 4.90 Å². The summed E-state index contributed by atoms with van der Waals surface area (Å²) in [5, 5.41) is 8.75. The van der Waals surface area contributed by atoms with Crippen molar-refractivity contribution in [2.45, 2.75) is 17.9 Å². The molecule has 0 aromatic heterocycles. The number of thioether (sulfide) groups is 1. The van der Waals surface area contributed by atoms with E-state index in [0.29, 0.717) is 10.6 Å². The van der Waals surface area contributed by atoms with Crippen molar-refractivity contribution in [3.63, 3.8) is 0 Å². The molecule has 1 aromatic carbocycles.